The number of nitrogens with zero attached hydrogens (tertiary/aromatic N) is 1. The van der Waals surface area contributed by atoms with Crippen LogP contribution in [0.5, 0.6) is 5.75 Å². The number of carbonyl (C=O) groups is 1. The Hall–Kier alpha value is -3.20. The van der Waals surface area contributed by atoms with Gasteiger partial charge in [-0.1, -0.05) is 42.5 Å². The van der Waals surface area contributed by atoms with Gasteiger partial charge in [-0.2, -0.15) is 4.31 Å². The van der Waals surface area contributed by atoms with E-state index in [1.54, 1.807) is 35.7 Å². The van der Waals surface area contributed by atoms with E-state index in [2.05, 4.69) is 35.7 Å². The van der Waals surface area contributed by atoms with Crippen molar-refractivity contribution in [3.8, 4) is 5.75 Å². The first-order valence-corrected chi connectivity index (χ1v) is 11.5. The third-order valence-corrected chi connectivity index (χ3v) is 6.99. The van der Waals surface area contributed by atoms with Crippen LogP contribution in [-0.2, 0) is 32.6 Å². The van der Waals surface area contributed by atoms with Crippen molar-refractivity contribution in [3.05, 3.63) is 84.4 Å². The van der Waals surface area contributed by atoms with Crippen LogP contribution in [0.3, 0.4) is 0 Å². The lowest BCUT2D eigenvalue weighted by molar-refractivity contribution is -0.119. The van der Waals surface area contributed by atoms with Crippen molar-refractivity contribution in [3.63, 3.8) is 0 Å². The van der Waals surface area contributed by atoms with E-state index in [0.29, 0.717) is 36.8 Å². The SMILES string of the molecule is C=CCONC=O.COc1ccc(S(=O)(=O)N2CCc3ccc4ccccc4c3C2)cc1. The van der Waals surface area contributed by atoms with Gasteiger partial charge in [-0.05, 0) is 52.6 Å². The highest BCUT2D eigenvalue weighted by Crippen LogP contribution is 2.30. The summed E-state index contributed by atoms with van der Waals surface area (Å²) in [6, 6.07) is 18.9. The van der Waals surface area contributed by atoms with Crippen molar-refractivity contribution in [1.82, 2.24) is 9.79 Å². The molecule has 0 unspecified atom stereocenters. The number of methoxy groups -OCH3 is 1. The molecule has 3 aromatic carbocycles. The summed E-state index contributed by atoms with van der Waals surface area (Å²) in [6.07, 6.45) is 2.73. The Labute approximate surface area is 188 Å². The zero-order valence-corrected chi connectivity index (χ0v) is 18.7. The van der Waals surface area contributed by atoms with Crippen LogP contribution >= 0.6 is 0 Å². The second kappa shape index (κ2) is 10.9. The van der Waals surface area contributed by atoms with Gasteiger partial charge < -0.3 is 4.74 Å². The lowest BCUT2D eigenvalue weighted by Crippen LogP contribution is -2.36. The van der Waals surface area contributed by atoms with Crippen LogP contribution in [0.15, 0.2) is 78.2 Å². The first-order valence-electron chi connectivity index (χ1n) is 10.1. The van der Waals surface area contributed by atoms with Crippen LogP contribution in [0.1, 0.15) is 11.1 Å². The summed E-state index contributed by atoms with van der Waals surface area (Å²) in [4.78, 5) is 14.1. The Bertz CT molecular complexity index is 1170. The van der Waals surface area contributed by atoms with E-state index in [1.165, 1.54) is 11.6 Å². The monoisotopic (exact) mass is 454 g/mol. The highest BCUT2D eigenvalue weighted by Gasteiger charge is 2.29. The molecule has 168 valence electrons. The molecular weight excluding hydrogens is 428 g/mol. The molecule has 0 spiro atoms. The second-order valence-electron chi connectivity index (χ2n) is 7.02. The first kappa shape index (κ1) is 23.5. The summed E-state index contributed by atoms with van der Waals surface area (Å²) >= 11 is 0. The molecule has 1 amide bonds. The lowest BCUT2D eigenvalue weighted by Gasteiger charge is -2.29. The van der Waals surface area contributed by atoms with Crippen LogP contribution in [0, 0.1) is 0 Å². The topological polar surface area (TPSA) is 84.9 Å². The second-order valence-corrected chi connectivity index (χ2v) is 8.96. The molecule has 1 N–H and O–H groups in total. The summed E-state index contributed by atoms with van der Waals surface area (Å²) in [5, 5.41) is 2.28. The fraction of sp³-hybridized carbons (Fsp3) is 0.208. The van der Waals surface area contributed by atoms with Crippen LogP contribution in [0.4, 0.5) is 0 Å². The normalized spacial score (nSPS) is 13.4. The fourth-order valence-corrected chi connectivity index (χ4v) is 4.95. The first-order chi connectivity index (χ1) is 15.5. The van der Waals surface area contributed by atoms with Gasteiger partial charge in [0, 0.05) is 13.1 Å². The Balaban J connectivity index is 0.000000360. The maximum Gasteiger partial charge on any atom is 0.243 e. The van der Waals surface area contributed by atoms with Crippen molar-refractivity contribution in [2.75, 3.05) is 20.3 Å². The third-order valence-electron chi connectivity index (χ3n) is 5.13. The summed E-state index contributed by atoms with van der Waals surface area (Å²) < 4.78 is 32.7. The summed E-state index contributed by atoms with van der Waals surface area (Å²) in [5.41, 5.74) is 4.35. The number of hydroxylamine groups is 1. The number of carbonyl (C=O) groups excluding carboxylic acids is 1. The molecule has 0 aliphatic carbocycles. The van der Waals surface area contributed by atoms with Gasteiger partial charge in [0.05, 0.1) is 18.6 Å². The van der Waals surface area contributed by atoms with Crippen molar-refractivity contribution in [1.29, 1.82) is 0 Å². The minimum atomic E-state index is -3.52. The largest absolute Gasteiger partial charge is 0.497 e. The molecule has 1 heterocycles. The summed E-state index contributed by atoms with van der Waals surface area (Å²) in [6.45, 7) is 4.61. The van der Waals surface area contributed by atoms with Gasteiger partial charge in [-0.25, -0.2) is 13.9 Å². The maximum atomic E-state index is 13.0. The minimum Gasteiger partial charge on any atom is -0.497 e. The average molecular weight is 455 g/mol. The predicted octanol–water partition coefficient (Wildman–Crippen LogP) is 3.45. The molecule has 0 aromatic heterocycles. The number of amides is 1. The molecule has 0 bridgehead atoms. The van der Waals surface area contributed by atoms with Crippen molar-refractivity contribution in [2.45, 2.75) is 17.9 Å². The van der Waals surface area contributed by atoms with E-state index in [1.807, 2.05) is 17.6 Å². The Morgan fingerprint density at radius 1 is 1.09 bits per heavy atom. The van der Waals surface area contributed by atoms with E-state index in [9.17, 15) is 13.2 Å². The Kier molecular flexibility index (Phi) is 7.99. The number of hydrogen-bond donors (Lipinski definition) is 1. The van der Waals surface area contributed by atoms with Gasteiger partial charge >= 0.3 is 0 Å². The van der Waals surface area contributed by atoms with Crippen molar-refractivity contribution >= 4 is 27.2 Å². The molecule has 7 nitrogen and oxygen atoms in total. The summed E-state index contributed by atoms with van der Waals surface area (Å²) in [7, 11) is -1.95. The van der Waals surface area contributed by atoms with Gasteiger partial charge in [0.25, 0.3) is 0 Å². The van der Waals surface area contributed by atoms with Crippen LogP contribution in [0.25, 0.3) is 10.8 Å². The number of sulfonamides is 1. The quantitative estimate of drug-likeness (QED) is 0.256. The van der Waals surface area contributed by atoms with E-state index in [0.717, 1.165) is 22.8 Å². The van der Waals surface area contributed by atoms with E-state index < -0.39 is 10.0 Å². The molecule has 0 radical (unpaired) electrons. The van der Waals surface area contributed by atoms with Gasteiger partial charge in [0.15, 0.2) is 0 Å². The van der Waals surface area contributed by atoms with Crippen molar-refractivity contribution < 1.29 is 22.8 Å². The zero-order valence-electron chi connectivity index (χ0n) is 17.9. The summed E-state index contributed by atoms with van der Waals surface area (Å²) in [5.74, 6) is 0.647. The Morgan fingerprint density at radius 2 is 1.84 bits per heavy atom. The molecule has 1 aliphatic heterocycles. The lowest BCUT2D eigenvalue weighted by atomic mass is 9.95. The molecule has 0 saturated carbocycles. The van der Waals surface area contributed by atoms with Crippen LogP contribution in [-0.4, -0.2) is 39.4 Å². The standard InChI is InChI=1S/C20H19NO3S.C4H7NO2/c1-24-17-8-10-18(11-9-17)25(22,23)21-13-12-16-7-6-15-4-2-3-5-19(15)20(16)14-21;1-2-3-7-5-4-6/h2-11H,12-14H2,1H3;2,4H,1,3H2,(H,5,6). The molecule has 0 fully saturated rings. The fourth-order valence-electron chi connectivity index (χ4n) is 3.55. The number of ether oxygens (including phenoxy) is 1. The minimum absolute atomic E-state index is 0.303. The van der Waals surface area contributed by atoms with Crippen LogP contribution in [0.2, 0.25) is 0 Å². The molecule has 0 atom stereocenters. The smallest absolute Gasteiger partial charge is 0.243 e. The van der Waals surface area contributed by atoms with Gasteiger partial charge in [-0.15, -0.1) is 6.58 Å². The molecule has 0 saturated heterocycles. The zero-order chi connectivity index (χ0) is 23.0. The predicted molar refractivity (Wildman–Crippen MR) is 124 cm³/mol. The highest BCUT2D eigenvalue weighted by molar-refractivity contribution is 7.89. The molecular formula is C24H26N2O5S. The van der Waals surface area contributed by atoms with Crippen LogP contribution < -0.4 is 10.2 Å². The van der Waals surface area contributed by atoms with Gasteiger partial charge in [0.2, 0.25) is 16.4 Å². The molecule has 4 rings (SSSR count). The van der Waals surface area contributed by atoms with Crippen molar-refractivity contribution in [2.24, 2.45) is 0 Å². The molecule has 3 aromatic rings. The third kappa shape index (κ3) is 5.34. The van der Waals surface area contributed by atoms with E-state index in [4.69, 9.17) is 4.74 Å². The average Bonchev–Trinajstić information content (AvgIpc) is 2.84. The van der Waals surface area contributed by atoms with E-state index in [-0.39, 0.29) is 0 Å². The number of hydrogen-bond acceptors (Lipinski definition) is 5. The molecule has 8 heteroatoms. The van der Waals surface area contributed by atoms with E-state index >= 15 is 0 Å². The maximum absolute atomic E-state index is 13.0. The number of benzene rings is 3. The van der Waals surface area contributed by atoms with Gasteiger partial charge in [0.1, 0.15) is 5.75 Å². The number of nitrogens with one attached hydrogen (secondary N) is 1. The molecule has 32 heavy (non-hydrogen) atoms. The number of rotatable bonds is 7. The highest BCUT2D eigenvalue weighted by atomic mass is 32.2. The van der Waals surface area contributed by atoms with Gasteiger partial charge in [-0.3, -0.25) is 9.63 Å². The molecule has 1 aliphatic rings. The number of fused-ring (bicyclic) bond motifs is 3. The Morgan fingerprint density at radius 3 is 2.53 bits per heavy atom.